The lowest BCUT2D eigenvalue weighted by Crippen LogP contribution is -2.12. The Kier molecular flexibility index (Phi) is 7.34. The second-order valence-electron chi connectivity index (χ2n) is 9.89. The topological polar surface area (TPSA) is 76.0 Å². The van der Waals surface area contributed by atoms with Crippen LogP contribution in [-0.2, 0) is 37.7 Å². The van der Waals surface area contributed by atoms with Crippen molar-refractivity contribution in [1.29, 1.82) is 0 Å². The molecule has 0 fully saturated rings. The lowest BCUT2D eigenvalue weighted by molar-refractivity contribution is 0.212. The molecule has 0 bridgehead atoms. The summed E-state index contributed by atoms with van der Waals surface area (Å²) in [4.78, 5) is 0. The van der Waals surface area contributed by atoms with E-state index >= 15 is 0 Å². The van der Waals surface area contributed by atoms with Crippen LogP contribution < -0.4 is 0 Å². The summed E-state index contributed by atoms with van der Waals surface area (Å²) in [6, 6.07) is 7.41. The van der Waals surface area contributed by atoms with Gasteiger partial charge >= 0.3 is 8.25 Å². The molecule has 0 amide bonds. The highest BCUT2D eigenvalue weighted by molar-refractivity contribution is 7.33. The van der Waals surface area contributed by atoms with Crippen LogP contribution in [0, 0.1) is 13.8 Å². The first-order valence-electron chi connectivity index (χ1n) is 10.1. The number of hydrogen-bond donors (Lipinski definition) is 2. The van der Waals surface area contributed by atoms with E-state index < -0.39 is 8.25 Å². The Bertz CT molecular complexity index is 861. The lowest BCUT2D eigenvalue weighted by atomic mass is 9.84. The molecule has 6 heteroatoms. The third kappa shape index (κ3) is 6.04. The second-order valence-corrected chi connectivity index (χ2v) is 10.9. The zero-order valence-corrected chi connectivity index (χ0v) is 20.2. The van der Waals surface area contributed by atoms with Gasteiger partial charge in [-0.05, 0) is 82.3 Å². The van der Waals surface area contributed by atoms with E-state index in [1.165, 1.54) is 0 Å². The molecule has 0 saturated carbocycles. The highest BCUT2D eigenvalue weighted by atomic mass is 31.1. The van der Waals surface area contributed by atoms with Crippen LogP contribution >= 0.6 is 8.25 Å². The van der Waals surface area contributed by atoms with E-state index in [1.54, 1.807) is 0 Å². The normalized spacial score (nSPS) is 12.3. The monoisotopic (exact) mass is 433 g/mol. The molecule has 30 heavy (non-hydrogen) atoms. The molecule has 0 heterocycles. The Morgan fingerprint density at radius 3 is 1.37 bits per heavy atom. The number of hydrogen-bond acceptors (Lipinski definition) is 5. The zero-order chi connectivity index (χ0) is 22.9. The molecule has 2 aromatic carbocycles. The summed E-state index contributed by atoms with van der Waals surface area (Å²) in [7, 11) is -2.31. The number of aryl methyl sites for hydroxylation is 2. The molecule has 0 atom stereocenters. The average molecular weight is 434 g/mol. The van der Waals surface area contributed by atoms with Crippen LogP contribution in [0.2, 0.25) is 0 Å². The maximum Gasteiger partial charge on any atom is 0.698 e. The predicted octanol–water partition coefficient (Wildman–Crippen LogP) is 6.70. The molecular formula is C24H34O5P+. The van der Waals surface area contributed by atoms with Gasteiger partial charge in [0, 0.05) is 4.57 Å². The molecule has 164 valence electrons. The van der Waals surface area contributed by atoms with Crippen molar-refractivity contribution in [1.82, 2.24) is 0 Å². The van der Waals surface area contributed by atoms with Gasteiger partial charge in [0.1, 0.15) is 24.7 Å². The van der Waals surface area contributed by atoms with Crippen LogP contribution in [0.15, 0.2) is 24.3 Å². The summed E-state index contributed by atoms with van der Waals surface area (Å²) in [5.74, 6) is 0.563. The van der Waals surface area contributed by atoms with Crippen LogP contribution in [0.5, 0.6) is 11.5 Å². The van der Waals surface area contributed by atoms with Crippen molar-refractivity contribution in [3.63, 3.8) is 0 Å². The van der Waals surface area contributed by atoms with Crippen molar-refractivity contribution < 1.29 is 23.8 Å². The Balaban J connectivity index is 2.05. The molecule has 0 spiro atoms. The first kappa shape index (κ1) is 24.3. The van der Waals surface area contributed by atoms with Crippen LogP contribution in [-0.4, -0.2) is 10.2 Å². The molecule has 0 saturated heterocycles. The molecule has 2 aromatic rings. The van der Waals surface area contributed by atoms with Gasteiger partial charge in [-0.2, -0.15) is 0 Å². The summed E-state index contributed by atoms with van der Waals surface area (Å²) in [6.45, 7) is 16.1. The van der Waals surface area contributed by atoms with Crippen LogP contribution in [0.25, 0.3) is 0 Å². The van der Waals surface area contributed by atoms with Crippen molar-refractivity contribution in [3.8, 4) is 11.5 Å². The largest absolute Gasteiger partial charge is 0.698 e. The summed E-state index contributed by atoms with van der Waals surface area (Å²) in [6.07, 6.45) is 0. The summed E-state index contributed by atoms with van der Waals surface area (Å²) < 4.78 is 23.1. The van der Waals surface area contributed by atoms with E-state index in [4.69, 9.17) is 9.05 Å². The first-order chi connectivity index (χ1) is 13.7. The Labute approximate surface area is 181 Å². The van der Waals surface area contributed by atoms with Crippen LogP contribution in [0.3, 0.4) is 0 Å². The predicted molar refractivity (Wildman–Crippen MR) is 120 cm³/mol. The number of benzene rings is 2. The van der Waals surface area contributed by atoms with E-state index in [0.717, 1.165) is 33.4 Å². The number of rotatable bonds is 6. The molecule has 0 aromatic heterocycles. The van der Waals surface area contributed by atoms with Gasteiger partial charge in [-0.15, -0.1) is 9.05 Å². The number of aromatic hydroxyl groups is 2. The fraction of sp³-hybridized carbons (Fsp3) is 0.500. The van der Waals surface area contributed by atoms with Crippen LogP contribution in [0.1, 0.15) is 74.9 Å². The van der Waals surface area contributed by atoms with Gasteiger partial charge in [0.2, 0.25) is 0 Å². The quantitative estimate of drug-likeness (QED) is 0.496. The van der Waals surface area contributed by atoms with Gasteiger partial charge in [0.15, 0.2) is 0 Å². The molecule has 2 rings (SSSR count). The fourth-order valence-corrected chi connectivity index (χ4v) is 3.89. The zero-order valence-electron chi connectivity index (χ0n) is 19.3. The standard InChI is InChI=1S/C24H33O5P/c1-15-9-17(11-19(21(15)25)23(3,4)5)13-28-30(27)29-14-18-10-16(2)22(26)20(12-18)24(6,7)8/h9-12H,13-14H2,1-8H3,(H-,25,26)/p+1. The summed E-state index contributed by atoms with van der Waals surface area (Å²) in [5, 5.41) is 20.7. The minimum atomic E-state index is -2.31. The third-order valence-electron chi connectivity index (χ3n) is 5.01. The van der Waals surface area contributed by atoms with E-state index in [9.17, 15) is 14.8 Å². The maximum absolute atomic E-state index is 12.3. The molecule has 5 nitrogen and oxygen atoms in total. The highest BCUT2D eigenvalue weighted by Gasteiger charge is 2.25. The van der Waals surface area contributed by atoms with Gasteiger partial charge in [-0.25, -0.2) is 0 Å². The molecule has 0 radical (unpaired) electrons. The number of phenols is 2. The lowest BCUT2D eigenvalue weighted by Gasteiger charge is -2.22. The van der Waals surface area contributed by atoms with Crippen molar-refractivity contribution >= 4 is 8.25 Å². The first-order valence-corrected chi connectivity index (χ1v) is 11.2. The maximum atomic E-state index is 12.3. The minimum Gasteiger partial charge on any atom is -0.507 e. The van der Waals surface area contributed by atoms with E-state index in [-0.39, 0.29) is 35.5 Å². The van der Waals surface area contributed by atoms with E-state index in [1.807, 2.05) is 79.7 Å². The van der Waals surface area contributed by atoms with E-state index in [0.29, 0.717) is 0 Å². The summed E-state index contributed by atoms with van der Waals surface area (Å²) >= 11 is 0. The Hall–Kier alpha value is -1.94. The van der Waals surface area contributed by atoms with Crippen molar-refractivity contribution in [2.24, 2.45) is 0 Å². The van der Waals surface area contributed by atoms with Gasteiger partial charge in [0.25, 0.3) is 0 Å². The Morgan fingerprint density at radius 2 is 1.07 bits per heavy atom. The SMILES string of the molecule is Cc1cc(CO[P+](=O)OCc2cc(C)c(O)c(C(C)(C)C)c2)cc(C(C)(C)C)c1O. The number of phenolic OH excluding ortho intramolecular Hbond substituents is 2. The molecule has 0 aliphatic heterocycles. The van der Waals surface area contributed by atoms with Gasteiger partial charge in [-0.3, -0.25) is 0 Å². The van der Waals surface area contributed by atoms with Crippen LogP contribution in [0.4, 0.5) is 0 Å². The Morgan fingerprint density at radius 1 is 0.733 bits per heavy atom. The molecular weight excluding hydrogens is 399 g/mol. The van der Waals surface area contributed by atoms with Crippen molar-refractivity contribution in [2.75, 3.05) is 0 Å². The van der Waals surface area contributed by atoms with E-state index in [2.05, 4.69) is 0 Å². The molecule has 0 aliphatic rings. The third-order valence-corrected chi connectivity index (χ3v) is 5.69. The van der Waals surface area contributed by atoms with Crippen molar-refractivity contribution in [2.45, 2.75) is 79.4 Å². The molecule has 0 unspecified atom stereocenters. The highest BCUT2D eigenvalue weighted by Crippen LogP contribution is 2.37. The molecule has 2 N–H and O–H groups in total. The van der Waals surface area contributed by atoms with Gasteiger partial charge < -0.3 is 10.2 Å². The summed E-state index contributed by atoms with van der Waals surface area (Å²) in [5.41, 5.74) is 4.39. The van der Waals surface area contributed by atoms with Crippen molar-refractivity contribution in [3.05, 3.63) is 57.6 Å². The smallest absolute Gasteiger partial charge is 0.507 e. The average Bonchev–Trinajstić information content (AvgIpc) is 2.61. The second kappa shape index (κ2) is 9.05. The fourth-order valence-electron chi connectivity index (χ4n) is 3.31. The van der Waals surface area contributed by atoms with Gasteiger partial charge in [0.05, 0.1) is 0 Å². The van der Waals surface area contributed by atoms with Gasteiger partial charge in [-0.1, -0.05) is 41.5 Å². The molecule has 0 aliphatic carbocycles. The minimum absolute atomic E-state index is 0.126.